The first-order valence-corrected chi connectivity index (χ1v) is 7.67. The van der Waals surface area contributed by atoms with Crippen LogP contribution in [0, 0.1) is 0 Å². The zero-order valence-electron chi connectivity index (χ0n) is 12.3. The minimum Gasteiger partial charge on any atom is -0.338 e. The summed E-state index contributed by atoms with van der Waals surface area (Å²) in [6.45, 7) is 3.06. The topological polar surface area (TPSA) is 58.1 Å². The molecule has 1 aromatic heterocycles. The highest BCUT2D eigenvalue weighted by Gasteiger charge is 2.25. The SMILES string of the molecule is CCC1CCCCN1C(=O)Cn1c(=O)[nH]c2ccccc21. The van der Waals surface area contributed by atoms with E-state index in [9.17, 15) is 9.59 Å². The van der Waals surface area contributed by atoms with E-state index < -0.39 is 0 Å². The molecule has 5 heteroatoms. The van der Waals surface area contributed by atoms with Crippen LogP contribution >= 0.6 is 0 Å². The Morgan fingerprint density at radius 1 is 1.33 bits per heavy atom. The van der Waals surface area contributed by atoms with Gasteiger partial charge in [-0.05, 0) is 37.8 Å². The lowest BCUT2D eigenvalue weighted by Gasteiger charge is -2.35. The van der Waals surface area contributed by atoms with E-state index in [1.54, 1.807) is 4.57 Å². The molecule has 1 unspecified atom stereocenters. The number of imidazole rings is 1. The van der Waals surface area contributed by atoms with E-state index in [0.717, 1.165) is 36.8 Å². The van der Waals surface area contributed by atoms with E-state index in [0.29, 0.717) is 6.04 Å². The number of aromatic amines is 1. The van der Waals surface area contributed by atoms with Gasteiger partial charge in [-0.25, -0.2) is 4.79 Å². The molecule has 1 N–H and O–H groups in total. The summed E-state index contributed by atoms with van der Waals surface area (Å²) in [6.07, 6.45) is 4.31. The van der Waals surface area contributed by atoms with Crippen LogP contribution in [0.2, 0.25) is 0 Å². The molecule has 1 saturated heterocycles. The van der Waals surface area contributed by atoms with Crippen LogP contribution in [-0.4, -0.2) is 32.9 Å². The van der Waals surface area contributed by atoms with Crippen molar-refractivity contribution < 1.29 is 4.79 Å². The normalized spacial score (nSPS) is 19.1. The largest absolute Gasteiger partial charge is 0.338 e. The van der Waals surface area contributed by atoms with Crippen molar-refractivity contribution in [2.75, 3.05) is 6.54 Å². The lowest BCUT2D eigenvalue weighted by molar-refractivity contribution is -0.135. The van der Waals surface area contributed by atoms with E-state index in [4.69, 9.17) is 0 Å². The number of aromatic nitrogens is 2. The van der Waals surface area contributed by atoms with Gasteiger partial charge in [0.2, 0.25) is 5.91 Å². The predicted molar refractivity (Wildman–Crippen MR) is 82.2 cm³/mol. The third kappa shape index (κ3) is 2.60. The number of hydrogen-bond donors (Lipinski definition) is 1. The molecule has 1 amide bonds. The third-order valence-corrected chi connectivity index (χ3v) is 4.39. The van der Waals surface area contributed by atoms with Crippen LogP contribution in [0.15, 0.2) is 29.1 Å². The Morgan fingerprint density at radius 2 is 2.14 bits per heavy atom. The molecule has 1 aliphatic heterocycles. The van der Waals surface area contributed by atoms with Crippen molar-refractivity contribution in [3.05, 3.63) is 34.7 Å². The van der Waals surface area contributed by atoms with Crippen LogP contribution in [0.1, 0.15) is 32.6 Å². The van der Waals surface area contributed by atoms with Gasteiger partial charge in [0, 0.05) is 12.6 Å². The fraction of sp³-hybridized carbons (Fsp3) is 0.500. The maximum atomic E-state index is 12.6. The van der Waals surface area contributed by atoms with Gasteiger partial charge >= 0.3 is 5.69 Å². The van der Waals surface area contributed by atoms with E-state index in [1.165, 1.54) is 6.42 Å². The molecule has 0 aliphatic carbocycles. The summed E-state index contributed by atoms with van der Waals surface area (Å²) in [5.74, 6) is 0.0494. The number of amides is 1. The highest BCUT2D eigenvalue weighted by Crippen LogP contribution is 2.20. The van der Waals surface area contributed by atoms with Crippen molar-refractivity contribution in [2.45, 2.75) is 45.2 Å². The van der Waals surface area contributed by atoms with Crippen LogP contribution in [0.4, 0.5) is 0 Å². The number of rotatable bonds is 3. The Labute approximate surface area is 123 Å². The second kappa shape index (κ2) is 5.76. The minimum absolute atomic E-state index is 0.0494. The second-order valence-corrected chi connectivity index (χ2v) is 5.68. The van der Waals surface area contributed by atoms with Gasteiger partial charge in [0.25, 0.3) is 0 Å². The summed E-state index contributed by atoms with van der Waals surface area (Å²) < 4.78 is 1.54. The third-order valence-electron chi connectivity index (χ3n) is 4.39. The van der Waals surface area contributed by atoms with Crippen molar-refractivity contribution in [3.8, 4) is 0 Å². The number of carbonyl (C=O) groups is 1. The predicted octanol–water partition coefficient (Wildman–Crippen LogP) is 2.12. The summed E-state index contributed by atoms with van der Waals surface area (Å²) in [6, 6.07) is 7.81. The lowest BCUT2D eigenvalue weighted by Crippen LogP contribution is -2.45. The molecule has 0 bridgehead atoms. The summed E-state index contributed by atoms with van der Waals surface area (Å²) in [5.41, 5.74) is 1.36. The summed E-state index contributed by atoms with van der Waals surface area (Å²) in [4.78, 5) is 29.4. The molecule has 0 spiro atoms. The zero-order chi connectivity index (χ0) is 14.8. The Hall–Kier alpha value is -2.04. The summed E-state index contributed by atoms with van der Waals surface area (Å²) in [7, 11) is 0. The number of H-pyrrole nitrogens is 1. The number of likely N-dealkylation sites (tertiary alicyclic amines) is 1. The molecule has 1 aliphatic rings. The molecule has 1 fully saturated rings. The molecular formula is C16H21N3O2. The highest BCUT2D eigenvalue weighted by molar-refractivity contribution is 5.80. The van der Waals surface area contributed by atoms with Crippen LogP contribution in [0.3, 0.4) is 0 Å². The van der Waals surface area contributed by atoms with Gasteiger partial charge in [-0.1, -0.05) is 19.1 Å². The van der Waals surface area contributed by atoms with Gasteiger partial charge in [-0.2, -0.15) is 0 Å². The molecule has 112 valence electrons. The van der Waals surface area contributed by atoms with E-state index >= 15 is 0 Å². The number of nitrogens with zero attached hydrogens (tertiary/aromatic N) is 2. The average Bonchev–Trinajstić information content (AvgIpc) is 2.83. The molecule has 5 nitrogen and oxygen atoms in total. The number of piperidine rings is 1. The maximum absolute atomic E-state index is 12.6. The Balaban J connectivity index is 1.86. The fourth-order valence-corrected chi connectivity index (χ4v) is 3.24. The number of para-hydroxylation sites is 2. The first-order chi connectivity index (χ1) is 10.2. The Kier molecular flexibility index (Phi) is 3.82. The maximum Gasteiger partial charge on any atom is 0.326 e. The molecule has 3 rings (SSSR count). The average molecular weight is 287 g/mol. The van der Waals surface area contributed by atoms with Gasteiger partial charge < -0.3 is 9.88 Å². The number of nitrogens with one attached hydrogen (secondary N) is 1. The van der Waals surface area contributed by atoms with Crippen molar-refractivity contribution in [1.82, 2.24) is 14.5 Å². The lowest BCUT2D eigenvalue weighted by atomic mass is 10.00. The van der Waals surface area contributed by atoms with Crippen molar-refractivity contribution in [3.63, 3.8) is 0 Å². The fourth-order valence-electron chi connectivity index (χ4n) is 3.24. The molecule has 1 atom stereocenters. The van der Waals surface area contributed by atoms with Crippen LogP contribution in [-0.2, 0) is 11.3 Å². The number of benzene rings is 1. The Morgan fingerprint density at radius 3 is 2.95 bits per heavy atom. The number of hydrogen-bond acceptors (Lipinski definition) is 2. The first-order valence-electron chi connectivity index (χ1n) is 7.67. The van der Waals surface area contributed by atoms with Gasteiger partial charge in [0.15, 0.2) is 0 Å². The molecule has 21 heavy (non-hydrogen) atoms. The highest BCUT2D eigenvalue weighted by atomic mass is 16.2. The Bertz CT molecular complexity index is 701. The number of fused-ring (bicyclic) bond motifs is 1. The van der Waals surface area contributed by atoms with Gasteiger partial charge in [-0.3, -0.25) is 9.36 Å². The van der Waals surface area contributed by atoms with Crippen LogP contribution < -0.4 is 5.69 Å². The zero-order valence-corrected chi connectivity index (χ0v) is 12.3. The van der Waals surface area contributed by atoms with Gasteiger partial charge in [0.1, 0.15) is 6.54 Å². The van der Waals surface area contributed by atoms with E-state index in [2.05, 4.69) is 11.9 Å². The minimum atomic E-state index is -0.213. The smallest absolute Gasteiger partial charge is 0.326 e. The van der Waals surface area contributed by atoms with E-state index in [-0.39, 0.29) is 18.1 Å². The van der Waals surface area contributed by atoms with Gasteiger partial charge in [-0.15, -0.1) is 0 Å². The standard InChI is InChI=1S/C16H21N3O2/c1-2-12-7-5-6-10-18(12)15(20)11-19-14-9-4-3-8-13(14)17-16(19)21/h3-4,8-9,12H,2,5-7,10-11H2,1H3,(H,17,21). The quantitative estimate of drug-likeness (QED) is 0.940. The molecule has 2 heterocycles. The monoisotopic (exact) mass is 287 g/mol. The first kappa shape index (κ1) is 13.9. The second-order valence-electron chi connectivity index (χ2n) is 5.68. The molecule has 0 saturated carbocycles. The molecular weight excluding hydrogens is 266 g/mol. The van der Waals surface area contributed by atoms with Crippen molar-refractivity contribution in [2.24, 2.45) is 0 Å². The summed E-state index contributed by atoms with van der Waals surface area (Å²) in [5, 5.41) is 0. The van der Waals surface area contributed by atoms with Crippen molar-refractivity contribution >= 4 is 16.9 Å². The number of carbonyl (C=O) groups excluding carboxylic acids is 1. The molecule has 2 aromatic rings. The molecule has 1 aromatic carbocycles. The van der Waals surface area contributed by atoms with Crippen LogP contribution in [0.5, 0.6) is 0 Å². The van der Waals surface area contributed by atoms with Crippen molar-refractivity contribution in [1.29, 1.82) is 0 Å². The molecule has 0 radical (unpaired) electrons. The summed E-state index contributed by atoms with van der Waals surface area (Å²) >= 11 is 0. The van der Waals surface area contributed by atoms with Crippen LogP contribution in [0.25, 0.3) is 11.0 Å². The van der Waals surface area contributed by atoms with E-state index in [1.807, 2.05) is 29.2 Å². The van der Waals surface area contributed by atoms with Gasteiger partial charge in [0.05, 0.1) is 11.0 Å².